The summed E-state index contributed by atoms with van der Waals surface area (Å²) in [5, 5.41) is 0. The van der Waals surface area contributed by atoms with Crippen LogP contribution in [0.4, 0.5) is 0 Å². The third-order valence-corrected chi connectivity index (χ3v) is 3.64. The number of hydrogen-bond donors (Lipinski definition) is 0. The zero-order valence-electron chi connectivity index (χ0n) is 13.4. The van der Waals surface area contributed by atoms with Crippen LogP contribution in [0.1, 0.15) is 46.0 Å². The molecule has 0 heterocycles. The van der Waals surface area contributed by atoms with Crippen LogP contribution in [0.25, 0.3) is 24.3 Å². The van der Waals surface area contributed by atoms with Gasteiger partial charge >= 0.3 is 0 Å². The van der Waals surface area contributed by atoms with Gasteiger partial charge in [-0.2, -0.15) is 0 Å². The number of carbonyl (C=O) groups excluding carboxylic acids is 1. The van der Waals surface area contributed by atoms with Crippen LogP contribution in [-0.2, 0) is 0 Å². The molecule has 2 rings (SSSR count). The molecule has 0 saturated heterocycles. The SMILES string of the molecule is C=Cc1ccccc1C=C=Cc1cc(C(=O)CC)ccc1C=C. The van der Waals surface area contributed by atoms with Gasteiger partial charge in [-0.3, -0.25) is 4.79 Å². The molecule has 0 aliphatic rings. The molecule has 0 bridgehead atoms. The second-order valence-electron chi connectivity index (χ2n) is 5.11. The van der Waals surface area contributed by atoms with Gasteiger partial charge in [0.15, 0.2) is 5.78 Å². The summed E-state index contributed by atoms with van der Waals surface area (Å²) in [7, 11) is 0. The summed E-state index contributed by atoms with van der Waals surface area (Å²) >= 11 is 0. The van der Waals surface area contributed by atoms with Crippen molar-refractivity contribution in [3.63, 3.8) is 0 Å². The monoisotopic (exact) mass is 300 g/mol. The van der Waals surface area contributed by atoms with Crippen molar-refractivity contribution < 1.29 is 4.79 Å². The van der Waals surface area contributed by atoms with Crippen molar-refractivity contribution in [1.29, 1.82) is 0 Å². The zero-order chi connectivity index (χ0) is 16.7. The fourth-order valence-corrected chi connectivity index (χ4v) is 2.31. The molecule has 0 atom stereocenters. The van der Waals surface area contributed by atoms with Crippen LogP contribution >= 0.6 is 0 Å². The van der Waals surface area contributed by atoms with Crippen molar-refractivity contribution in [1.82, 2.24) is 0 Å². The Balaban J connectivity index is 2.41. The Hall–Kier alpha value is -2.89. The molecule has 0 amide bonds. The second-order valence-corrected chi connectivity index (χ2v) is 5.11. The number of Topliss-reactive ketones (excluding diaryl/α,β-unsaturated/α-hetero) is 1. The molecule has 0 fully saturated rings. The van der Waals surface area contributed by atoms with Crippen molar-refractivity contribution in [3.05, 3.63) is 89.2 Å². The molecule has 2 aromatic rings. The Kier molecular flexibility index (Phi) is 5.68. The van der Waals surface area contributed by atoms with Crippen LogP contribution in [0.5, 0.6) is 0 Å². The third kappa shape index (κ3) is 4.06. The molecular formula is C22H20O. The highest BCUT2D eigenvalue weighted by molar-refractivity contribution is 5.96. The molecule has 0 N–H and O–H groups in total. The van der Waals surface area contributed by atoms with Gasteiger partial charge in [0.1, 0.15) is 0 Å². The molecule has 0 unspecified atom stereocenters. The van der Waals surface area contributed by atoms with Gasteiger partial charge in [0.25, 0.3) is 0 Å². The summed E-state index contributed by atoms with van der Waals surface area (Å²) in [5.41, 5.74) is 7.95. The lowest BCUT2D eigenvalue weighted by atomic mass is 10.0. The predicted molar refractivity (Wildman–Crippen MR) is 100 cm³/mol. The van der Waals surface area contributed by atoms with Gasteiger partial charge in [-0.1, -0.05) is 68.6 Å². The number of hydrogen-bond acceptors (Lipinski definition) is 1. The van der Waals surface area contributed by atoms with Gasteiger partial charge < -0.3 is 0 Å². The average Bonchev–Trinajstić information content (AvgIpc) is 2.61. The maximum absolute atomic E-state index is 11.9. The highest BCUT2D eigenvalue weighted by atomic mass is 16.1. The maximum Gasteiger partial charge on any atom is 0.162 e. The predicted octanol–water partition coefficient (Wildman–Crippen LogP) is 5.89. The van der Waals surface area contributed by atoms with E-state index in [2.05, 4.69) is 18.9 Å². The van der Waals surface area contributed by atoms with E-state index >= 15 is 0 Å². The van der Waals surface area contributed by atoms with Crippen LogP contribution in [0.3, 0.4) is 0 Å². The minimum Gasteiger partial charge on any atom is -0.294 e. The maximum atomic E-state index is 11.9. The first-order valence-corrected chi connectivity index (χ1v) is 7.63. The molecule has 0 aromatic heterocycles. The van der Waals surface area contributed by atoms with Gasteiger partial charge in [0.2, 0.25) is 0 Å². The Morgan fingerprint density at radius 3 is 2.22 bits per heavy atom. The average molecular weight is 300 g/mol. The molecule has 0 spiro atoms. The quantitative estimate of drug-likeness (QED) is 0.480. The molecule has 0 aliphatic carbocycles. The summed E-state index contributed by atoms with van der Waals surface area (Å²) in [4.78, 5) is 11.9. The van der Waals surface area contributed by atoms with Gasteiger partial charge in [-0.05, 0) is 40.5 Å². The van der Waals surface area contributed by atoms with Gasteiger partial charge in [-0.15, -0.1) is 5.73 Å². The van der Waals surface area contributed by atoms with E-state index < -0.39 is 0 Å². The first-order chi connectivity index (χ1) is 11.2. The van der Waals surface area contributed by atoms with Gasteiger partial charge in [0.05, 0.1) is 0 Å². The number of ketones is 1. The Morgan fingerprint density at radius 1 is 0.957 bits per heavy atom. The van der Waals surface area contributed by atoms with E-state index in [1.54, 1.807) is 6.08 Å². The van der Waals surface area contributed by atoms with Crippen molar-refractivity contribution in [2.45, 2.75) is 13.3 Å². The van der Waals surface area contributed by atoms with Crippen molar-refractivity contribution in [3.8, 4) is 0 Å². The molecule has 0 aliphatic heterocycles. The van der Waals surface area contributed by atoms with Crippen LogP contribution in [0, 0.1) is 0 Å². The molecular weight excluding hydrogens is 280 g/mol. The number of carbonyl (C=O) groups is 1. The molecule has 1 heteroatoms. The highest BCUT2D eigenvalue weighted by Crippen LogP contribution is 2.17. The van der Waals surface area contributed by atoms with E-state index in [4.69, 9.17) is 0 Å². The normalized spacial score (nSPS) is 9.61. The molecule has 0 radical (unpaired) electrons. The smallest absolute Gasteiger partial charge is 0.162 e. The standard InChI is InChI=1S/C22H20O/c1-4-17-10-7-8-11-19(17)12-9-13-20-16-21(22(23)6-3)15-14-18(20)5-2/h4-5,7-8,10-16H,1-2,6H2,3H3. The van der Waals surface area contributed by atoms with Crippen LogP contribution < -0.4 is 0 Å². The summed E-state index contributed by atoms with van der Waals surface area (Å²) in [6, 6.07) is 13.6. The Bertz CT molecular complexity index is 802. The van der Waals surface area contributed by atoms with E-state index in [9.17, 15) is 4.79 Å². The summed E-state index contributed by atoms with van der Waals surface area (Å²) in [6.07, 6.45) is 7.90. The van der Waals surface area contributed by atoms with Gasteiger partial charge in [0, 0.05) is 12.0 Å². The van der Waals surface area contributed by atoms with E-state index in [1.165, 1.54) is 0 Å². The second kappa shape index (κ2) is 7.93. The fourth-order valence-electron chi connectivity index (χ4n) is 2.31. The van der Waals surface area contributed by atoms with Crippen molar-refractivity contribution in [2.24, 2.45) is 0 Å². The summed E-state index contributed by atoms with van der Waals surface area (Å²) < 4.78 is 0. The molecule has 0 saturated carbocycles. The van der Waals surface area contributed by atoms with E-state index in [0.717, 1.165) is 27.8 Å². The fraction of sp³-hybridized carbons (Fsp3) is 0.0909. The van der Waals surface area contributed by atoms with Crippen LogP contribution in [-0.4, -0.2) is 5.78 Å². The minimum absolute atomic E-state index is 0.135. The third-order valence-electron chi connectivity index (χ3n) is 3.64. The van der Waals surface area contributed by atoms with E-state index in [-0.39, 0.29) is 5.78 Å². The van der Waals surface area contributed by atoms with E-state index in [0.29, 0.717) is 6.42 Å². The zero-order valence-corrected chi connectivity index (χ0v) is 13.4. The number of rotatable bonds is 6. The summed E-state index contributed by atoms with van der Waals surface area (Å²) in [6.45, 7) is 9.51. The minimum atomic E-state index is 0.135. The van der Waals surface area contributed by atoms with Crippen LogP contribution in [0.2, 0.25) is 0 Å². The molecule has 1 nitrogen and oxygen atoms in total. The first-order valence-electron chi connectivity index (χ1n) is 7.63. The highest BCUT2D eigenvalue weighted by Gasteiger charge is 2.05. The Morgan fingerprint density at radius 2 is 1.57 bits per heavy atom. The topological polar surface area (TPSA) is 17.1 Å². The molecule has 114 valence electrons. The molecule has 2 aromatic carbocycles. The van der Waals surface area contributed by atoms with Crippen molar-refractivity contribution in [2.75, 3.05) is 0 Å². The van der Waals surface area contributed by atoms with Crippen molar-refractivity contribution >= 4 is 30.1 Å². The van der Waals surface area contributed by atoms with Gasteiger partial charge in [-0.25, -0.2) is 0 Å². The van der Waals surface area contributed by atoms with E-state index in [1.807, 2.05) is 67.6 Å². The number of benzene rings is 2. The molecule has 23 heavy (non-hydrogen) atoms. The summed E-state index contributed by atoms with van der Waals surface area (Å²) in [5.74, 6) is 0.135. The lowest BCUT2D eigenvalue weighted by Gasteiger charge is -2.03. The lowest BCUT2D eigenvalue weighted by molar-refractivity contribution is 0.0988. The Labute approximate surface area is 138 Å². The van der Waals surface area contributed by atoms with Crippen LogP contribution in [0.15, 0.2) is 61.4 Å². The lowest BCUT2D eigenvalue weighted by Crippen LogP contribution is -1.97. The largest absolute Gasteiger partial charge is 0.294 e. The first kappa shape index (κ1) is 16.5.